The molecule has 2 amide bonds. The van der Waals surface area contributed by atoms with E-state index in [0.717, 1.165) is 11.3 Å². The van der Waals surface area contributed by atoms with Gasteiger partial charge in [-0.25, -0.2) is 0 Å². The Bertz CT molecular complexity index is 1120. The van der Waals surface area contributed by atoms with Crippen molar-refractivity contribution in [1.29, 1.82) is 0 Å². The smallest absolute Gasteiger partial charge is 0.273 e. The van der Waals surface area contributed by atoms with Crippen molar-refractivity contribution in [3.05, 3.63) is 85.6 Å². The number of carbonyl (C=O) groups is 2. The van der Waals surface area contributed by atoms with E-state index >= 15 is 0 Å². The van der Waals surface area contributed by atoms with E-state index in [1.807, 2.05) is 23.6 Å². The molecule has 0 spiro atoms. The molecule has 4 rings (SSSR count). The average molecular weight is 407 g/mol. The van der Waals surface area contributed by atoms with Gasteiger partial charge in [-0.1, -0.05) is 12.1 Å². The molecule has 1 aromatic heterocycles. The highest BCUT2D eigenvalue weighted by molar-refractivity contribution is 7.12. The Labute approximate surface area is 170 Å². The van der Waals surface area contributed by atoms with Gasteiger partial charge < -0.3 is 10.2 Å². The van der Waals surface area contributed by atoms with Crippen LogP contribution in [-0.2, 0) is 6.42 Å². The van der Waals surface area contributed by atoms with Crippen LogP contribution < -0.4 is 10.2 Å². The van der Waals surface area contributed by atoms with E-state index in [0.29, 0.717) is 29.1 Å². The van der Waals surface area contributed by atoms with E-state index < -0.39 is 10.8 Å². The molecule has 0 atom stereocenters. The number of thiophene rings is 1. The second kappa shape index (κ2) is 7.48. The number of hydrogen-bond acceptors (Lipinski definition) is 5. The van der Waals surface area contributed by atoms with Gasteiger partial charge in [-0.2, -0.15) is 0 Å². The number of carbonyl (C=O) groups excluding carboxylic acids is 2. The SMILES string of the molecule is Cc1c(C(=O)Nc2ccc3c(c2)CCN3C(=O)c2cccs2)cccc1[N+](=O)[O-]. The number of benzene rings is 2. The molecule has 3 aromatic rings. The first kappa shape index (κ1) is 18.8. The molecule has 1 aliphatic heterocycles. The van der Waals surface area contributed by atoms with Crippen molar-refractivity contribution in [2.45, 2.75) is 13.3 Å². The predicted octanol–water partition coefficient (Wildman–Crippen LogP) is 4.42. The summed E-state index contributed by atoms with van der Waals surface area (Å²) < 4.78 is 0. The summed E-state index contributed by atoms with van der Waals surface area (Å²) in [6.45, 7) is 2.15. The van der Waals surface area contributed by atoms with Gasteiger partial charge in [0.05, 0.1) is 9.80 Å². The first-order valence-corrected chi connectivity index (χ1v) is 9.87. The van der Waals surface area contributed by atoms with Crippen LogP contribution in [0.3, 0.4) is 0 Å². The molecular formula is C21H17N3O4S. The molecule has 0 radical (unpaired) electrons. The van der Waals surface area contributed by atoms with Crippen LogP contribution in [0.2, 0.25) is 0 Å². The first-order chi connectivity index (χ1) is 14.0. The molecular weight excluding hydrogens is 390 g/mol. The molecule has 8 heteroatoms. The van der Waals surface area contributed by atoms with Gasteiger partial charge in [-0.15, -0.1) is 11.3 Å². The average Bonchev–Trinajstić information content (AvgIpc) is 3.37. The zero-order chi connectivity index (χ0) is 20.5. The van der Waals surface area contributed by atoms with Gasteiger partial charge in [0, 0.05) is 35.1 Å². The second-order valence-electron chi connectivity index (χ2n) is 6.69. The Kier molecular flexibility index (Phi) is 4.85. The van der Waals surface area contributed by atoms with Gasteiger partial charge >= 0.3 is 0 Å². The van der Waals surface area contributed by atoms with Crippen molar-refractivity contribution in [1.82, 2.24) is 0 Å². The number of rotatable bonds is 4. The number of hydrogen-bond donors (Lipinski definition) is 1. The number of anilines is 2. The van der Waals surface area contributed by atoms with Gasteiger partial charge in [-0.3, -0.25) is 19.7 Å². The molecule has 0 bridgehead atoms. The van der Waals surface area contributed by atoms with Crippen LogP contribution in [-0.4, -0.2) is 23.3 Å². The van der Waals surface area contributed by atoms with Crippen LogP contribution in [0.1, 0.15) is 31.2 Å². The van der Waals surface area contributed by atoms with E-state index in [9.17, 15) is 19.7 Å². The minimum absolute atomic E-state index is 0.0252. The molecule has 2 aromatic carbocycles. The van der Waals surface area contributed by atoms with Crippen molar-refractivity contribution < 1.29 is 14.5 Å². The molecule has 0 fully saturated rings. The Morgan fingerprint density at radius 1 is 1.17 bits per heavy atom. The summed E-state index contributed by atoms with van der Waals surface area (Å²) in [6, 6.07) is 13.5. The van der Waals surface area contributed by atoms with E-state index in [4.69, 9.17) is 0 Å². The number of amides is 2. The standard InChI is InChI=1S/C21H17N3O4S/c1-13-16(4-2-5-17(13)24(27)28)20(25)22-15-7-8-18-14(12-15)9-10-23(18)21(26)19-6-3-11-29-19/h2-8,11-12H,9-10H2,1H3,(H,22,25). The summed E-state index contributed by atoms with van der Waals surface area (Å²) >= 11 is 1.41. The summed E-state index contributed by atoms with van der Waals surface area (Å²) in [4.78, 5) is 38.3. The molecule has 2 heterocycles. The lowest BCUT2D eigenvalue weighted by Crippen LogP contribution is -2.28. The number of nitro groups is 1. The minimum atomic E-state index is -0.499. The van der Waals surface area contributed by atoms with Crippen LogP contribution in [0.5, 0.6) is 0 Å². The van der Waals surface area contributed by atoms with Crippen molar-refractivity contribution in [2.24, 2.45) is 0 Å². The number of nitrogens with zero attached hydrogens (tertiary/aromatic N) is 2. The molecule has 0 aliphatic carbocycles. The van der Waals surface area contributed by atoms with Gasteiger partial charge in [0.1, 0.15) is 0 Å². The molecule has 7 nitrogen and oxygen atoms in total. The van der Waals surface area contributed by atoms with Crippen LogP contribution in [0.15, 0.2) is 53.9 Å². The third-order valence-electron chi connectivity index (χ3n) is 4.96. The van der Waals surface area contributed by atoms with E-state index in [1.165, 1.54) is 23.5 Å². The van der Waals surface area contributed by atoms with Crippen LogP contribution in [0.25, 0.3) is 0 Å². The summed E-state index contributed by atoms with van der Waals surface area (Å²) in [7, 11) is 0. The third-order valence-corrected chi connectivity index (χ3v) is 5.81. The fourth-order valence-corrected chi connectivity index (χ4v) is 4.16. The zero-order valence-electron chi connectivity index (χ0n) is 15.5. The summed E-state index contributed by atoms with van der Waals surface area (Å²) in [5, 5.41) is 15.8. The highest BCUT2D eigenvalue weighted by Crippen LogP contribution is 2.32. The normalized spacial score (nSPS) is 12.5. The number of fused-ring (bicyclic) bond motifs is 1. The predicted molar refractivity (Wildman–Crippen MR) is 112 cm³/mol. The maximum atomic E-state index is 12.7. The summed E-state index contributed by atoms with van der Waals surface area (Å²) in [5.74, 6) is -0.432. The van der Waals surface area contributed by atoms with E-state index in [2.05, 4.69) is 5.32 Å². The number of nitro benzene ring substituents is 1. The first-order valence-electron chi connectivity index (χ1n) is 8.99. The quantitative estimate of drug-likeness (QED) is 0.512. The summed E-state index contributed by atoms with van der Waals surface area (Å²) in [6.07, 6.45) is 0.700. The van der Waals surface area contributed by atoms with Crippen molar-refractivity contribution >= 4 is 40.2 Å². The molecule has 29 heavy (non-hydrogen) atoms. The zero-order valence-corrected chi connectivity index (χ0v) is 16.4. The Balaban J connectivity index is 1.55. The van der Waals surface area contributed by atoms with Gasteiger partial charge in [0.15, 0.2) is 0 Å². The lowest BCUT2D eigenvalue weighted by Gasteiger charge is -2.17. The molecule has 1 N–H and O–H groups in total. The molecule has 0 unspecified atom stereocenters. The van der Waals surface area contributed by atoms with Crippen molar-refractivity contribution in [2.75, 3.05) is 16.8 Å². The Morgan fingerprint density at radius 3 is 2.72 bits per heavy atom. The summed E-state index contributed by atoms with van der Waals surface area (Å²) in [5.41, 5.74) is 2.90. The molecule has 1 aliphatic rings. The fraction of sp³-hybridized carbons (Fsp3) is 0.143. The van der Waals surface area contributed by atoms with Gasteiger partial charge in [0.2, 0.25) is 0 Å². The Hall–Kier alpha value is -3.52. The van der Waals surface area contributed by atoms with Crippen LogP contribution >= 0.6 is 11.3 Å². The third kappa shape index (κ3) is 3.50. The minimum Gasteiger partial charge on any atom is -0.322 e. The number of nitrogens with one attached hydrogen (secondary N) is 1. The monoisotopic (exact) mass is 407 g/mol. The molecule has 0 saturated carbocycles. The largest absolute Gasteiger partial charge is 0.322 e. The van der Waals surface area contributed by atoms with E-state index in [1.54, 1.807) is 30.0 Å². The van der Waals surface area contributed by atoms with Crippen molar-refractivity contribution in [3.63, 3.8) is 0 Å². The van der Waals surface area contributed by atoms with Crippen molar-refractivity contribution in [3.8, 4) is 0 Å². The van der Waals surface area contributed by atoms with Gasteiger partial charge in [-0.05, 0) is 54.6 Å². The lowest BCUT2D eigenvalue weighted by atomic mass is 10.1. The Morgan fingerprint density at radius 2 is 2.00 bits per heavy atom. The second-order valence-corrected chi connectivity index (χ2v) is 7.64. The molecule has 146 valence electrons. The highest BCUT2D eigenvalue weighted by Gasteiger charge is 2.26. The van der Waals surface area contributed by atoms with Crippen LogP contribution in [0.4, 0.5) is 17.1 Å². The highest BCUT2D eigenvalue weighted by atomic mass is 32.1. The van der Waals surface area contributed by atoms with Gasteiger partial charge in [0.25, 0.3) is 17.5 Å². The van der Waals surface area contributed by atoms with Crippen LogP contribution in [0, 0.1) is 17.0 Å². The topological polar surface area (TPSA) is 92.6 Å². The fourth-order valence-electron chi connectivity index (χ4n) is 3.49. The maximum Gasteiger partial charge on any atom is 0.273 e. The maximum absolute atomic E-state index is 12.7. The molecule has 0 saturated heterocycles. The van der Waals surface area contributed by atoms with E-state index in [-0.39, 0.29) is 17.2 Å². The lowest BCUT2D eigenvalue weighted by molar-refractivity contribution is -0.385.